The number of rotatable bonds is 7. The van der Waals surface area contributed by atoms with Crippen LogP contribution in [0.5, 0.6) is 0 Å². The predicted molar refractivity (Wildman–Crippen MR) is 139 cm³/mol. The lowest BCUT2D eigenvalue weighted by Crippen LogP contribution is -2.37. The molecule has 0 saturated carbocycles. The van der Waals surface area contributed by atoms with Crippen molar-refractivity contribution >= 4 is 35.1 Å². The molecule has 0 aromatic heterocycles. The molecule has 3 aromatic rings. The molecule has 0 bridgehead atoms. The van der Waals surface area contributed by atoms with Crippen molar-refractivity contribution in [2.75, 3.05) is 10.6 Å². The molecule has 0 saturated heterocycles. The van der Waals surface area contributed by atoms with Crippen LogP contribution < -0.4 is 21.7 Å². The molecular formula is C27H27F3N4O5. The Bertz CT molecular complexity index is 1330. The van der Waals surface area contributed by atoms with E-state index in [1.165, 1.54) is 6.92 Å². The van der Waals surface area contributed by atoms with Crippen LogP contribution in [-0.2, 0) is 20.9 Å². The Hall–Kier alpha value is -4.71. The van der Waals surface area contributed by atoms with E-state index in [1.807, 2.05) is 19.1 Å². The SMILES string of the molecule is CC(=O)Nc1cc(NC(=O)[C@H](NC(=O)c2cccc(CN)c2)c2ccccc2)ccc1C.O=C(O)C(F)(F)F. The molecular weight excluding hydrogens is 517 g/mol. The topological polar surface area (TPSA) is 151 Å². The van der Waals surface area contributed by atoms with Gasteiger partial charge in [0.1, 0.15) is 6.04 Å². The van der Waals surface area contributed by atoms with E-state index in [0.717, 1.165) is 11.1 Å². The summed E-state index contributed by atoms with van der Waals surface area (Å²) in [5.74, 6) is -3.75. The van der Waals surface area contributed by atoms with Gasteiger partial charge in [-0.1, -0.05) is 48.5 Å². The lowest BCUT2D eigenvalue weighted by Gasteiger charge is -2.20. The number of carboxylic acids is 1. The zero-order valence-electron chi connectivity index (χ0n) is 21.0. The summed E-state index contributed by atoms with van der Waals surface area (Å²) in [6, 6.07) is 20.3. The summed E-state index contributed by atoms with van der Waals surface area (Å²) in [5.41, 5.74) is 9.54. The zero-order chi connectivity index (χ0) is 29.2. The number of hydrogen-bond donors (Lipinski definition) is 5. The van der Waals surface area contributed by atoms with Gasteiger partial charge in [-0.3, -0.25) is 14.4 Å². The number of alkyl halides is 3. The standard InChI is InChI=1S/C25H26N4O3.C2HF3O2/c1-16-11-12-21(14-22(16)27-17(2)30)28-25(32)23(19-8-4-3-5-9-19)29-24(31)20-10-6-7-18(13-20)15-26;3-2(4,5)1(6)7/h3-14,23H,15,26H2,1-2H3,(H,27,30)(H,28,32)(H,29,31);(H,6,7)/t23-;/m1./s1. The van der Waals surface area contributed by atoms with Crippen LogP contribution in [0.3, 0.4) is 0 Å². The van der Waals surface area contributed by atoms with Crippen LogP contribution in [0.15, 0.2) is 72.8 Å². The smallest absolute Gasteiger partial charge is 0.475 e. The first kappa shape index (κ1) is 30.5. The highest BCUT2D eigenvalue weighted by molar-refractivity contribution is 6.02. The summed E-state index contributed by atoms with van der Waals surface area (Å²) in [4.78, 5) is 46.4. The number of carbonyl (C=O) groups excluding carboxylic acids is 3. The van der Waals surface area contributed by atoms with Crippen LogP contribution in [0.1, 0.15) is 40.0 Å². The van der Waals surface area contributed by atoms with E-state index in [2.05, 4.69) is 16.0 Å². The van der Waals surface area contributed by atoms with E-state index in [9.17, 15) is 27.6 Å². The summed E-state index contributed by atoms with van der Waals surface area (Å²) in [7, 11) is 0. The minimum absolute atomic E-state index is 0.203. The Balaban J connectivity index is 0.000000673. The first-order valence-electron chi connectivity index (χ1n) is 11.5. The minimum atomic E-state index is -5.08. The average molecular weight is 545 g/mol. The highest BCUT2D eigenvalue weighted by Gasteiger charge is 2.38. The maximum absolute atomic E-state index is 13.2. The van der Waals surface area contributed by atoms with E-state index < -0.39 is 24.1 Å². The molecule has 0 aliphatic carbocycles. The molecule has 0 aliphatic rings. The lowest BCUT2D eigenvalue weighted by molar-refractivity contribution is -0.192. The normalized spacial score (nSPS) is 11.3. The number of anilines is 2. The van der Waals surface area contributed by atoms with Crippen LogP contribution in [0.2, 0.25) is 0 Å². The summed E-state index contributed by atoms with van der Waals surface area (Å²) >= 11 is 0. The molecule has 0 aliphatic heterocycles. The fraction of sp³-hybridized carbons (Fsp3) is 0.185. The predicted octanol–water partition coefficient (Wildman–Crippen LogP) is 4.16. The number of aliphatic carboxylic acids is 1. The average Bonchev–Trinajstić information content (AvgIpc) is 2.89. The van der Waals surface area contributed by atoms with Gasteiger partial charge in [0.25, 0.3) is 11.8 Å². The molecule has 206 valence electrons. The number of aryl methyl sites for hydroxylation is 1. The van der Waals surface area contributed by atoms with Crippen LogP contribution in [0.4, 0.5) is 24.5 Å². The summed E-state index contributed by atoms with van der Waals surface area (Å²) in [6.45, 7) is 3.60. The molecule has 0 heterocycles. The van der Waals surface area contributed by atoms with Gasteiger partial charge in [0.15, 0.2) is 0 Å². The molecule has 6 N–H and O–H groups in total. The van der Waals surface area contributed by atoms with Crippen molar-refractivity contribution in [2.45, 2.75) is 32.6 Å². The van der Waals surface area contributed by atoms with Crippen molar-refractivity contribution in [3.05, 3.63) is 95.1 Å². The van der Waals surface area contributed by atoms with E-state index in [0.29, 0.717) is 29.0 Å². The number of amides is 3. The van der Waals surface area contributed by atoms with Gasteiger partial charge in [-0.2, -0.15) is 13.2 Å². The number of benzene rings is 3. The molecule has 3 amide bonds. The van der Waals surface area contributed by atoms with Gasteiger partial charge in [-0.05, 0) is 47.9 Å². The quantitative estimate of drug-likeness (QED) is 0.302. The molecule has 3 aromatic carbocycles. The minimum Gasteiger partial charge on any atom is -0.475 e. The van der Waals surface area contributed by atoms with Crippen molar-refractivity contribution < 1.29 is 37.5 Å². The Morgan fingerprint density at radius 3 is 2.13 bits per heavy atom. The first-order chi connectivity index (χ1) is 18.3. The van der Waals surface area contributed by atoms with E-state index in [4.69, 9.17) is 15.6 Å². The van der Waals surface area contributed by atoms with Crippen molar-refractivity contribution in [2.24, 2.45) is 5.73 Å². The Labute approximate surface area is 222 Å². The van der Waals surface area contributed by atoms with Gasteiger partial charge >= 0.3 is 12.1 Å². The molecule has 0 fully saturated rings. The summed E-state index contributed by atoms with van der Waals surface area (Å²) in [5, 5.41) is 15.5. The first-order valence-corrected chi connectivity index (χ1v) is 11.5. The molecule has 1 atom stereocenters. The molecule has 39 heavy (non-hydrogen) atoms. The van der Waals surface area contributed by atoms with Crippen LogP contribution in [0.25, 0.3) is 0 Å². The Morgan fingerprint density at radius 1 is 0.923 bits per heavy atom. The van der Waals surface area contributed by atoms with Gasteiger partial charge in [0, 0.05) is 30.4 Å². The van der Waals surface area contributed by atoms with Crippen molar-refractivity contribution in [3.63, 3.8) is 0 Å². The van der Waals surface area contributed by atoms with Gasteiger partial charge in [0.2, 0.25) is 5.91 Å². The Morgan fingerprint density at radius 2 is 1.56 bits per heavy atom. The third-order valence-electron chi connectivity index (χ3n) is 5.15. The summed E-state index contributed by atoms with van der Waals surface area (Å²) in [6.07, 6.45) is -5.08. The summed E-state index contributed by atoms with van der Waals surface area (Å²) < 4.78 is 31.7. The second-order valence-corrected chi connectivity index (χ2v) is 8.22. The van der Waals surface area contributed by atoms with Crippen molar-refractivity contribution in [1.29, 1.82) is 0 Å². The fourth-order valence-electron chi connectivity index (χ4n) is 3.24. The third kappa shape index (κ3) is 9.59. The Kier molecular flexibility index (Phi) is 10.7. The molecule has 0 unspecified atom stereocenters. The van der Waals surface area contributed by atoms with Crippen LogP contribution in [0, 0.1) is 6.92 Å². The number of halogens is 3. The van der Waals surface area contributed by atoms with Gasteiger partial charge in [-0.25, -0.2) is 4.79 Å². The second-order valence-electron chi connectivity index (χ2n) is 8.22. The second kappa shape index (κ2) is 13.7. The van der Waals surface area contributed by atoms with Crippen molar-refractivity contribution in [1.82, 2.24) is 5.32 Å². The highest BCUT2D eigenvalue weighted by atomic mass is 19.4. The lowest BCUT2D eigenvalue weighted by atomic mass is 10.0. The highest BCUT2D eigenvalue weighted by Crippen LogP contribution is 2.23. The molecule has 3 rings (SSSR count). The van der Waals surface area contributed by atoms with E-state index >= 15 is 0 Å². The largest absolute Gasteiger partial charge is 0.490 e. The molecule has 0 spiro atoms. The zero-order valence-corrected chi connectivity index (χ0v) is 21.0. The number of nitrogens with two attached hydrogens (primary N) is 1. The van der Waals surface area contributed by atoms with Gasteiger partial charge < -0.3 is 26.8 Å². The van der Waals surface area contributed by atoms with E-state index in [1.54, 1.807) is 60.7 Å². The molecule has 9 nitrogen and oxygen atoms in total. The number of carbonyl (C=O) groups is 4. The van der Waals surface area contributed by atoms with Gasteiger partial charge in [-0.15, -0.1) is 0 Å². The van der Waals surface area contributed by atoms with Crippen LogP contribution in [-0.4, -0.2) is 35.0 Å². The van der Waals surface area contributed by atoms with Gasteiger partial charge in [0.05, 0.1) is 0 Å². The van der Waals surface area contributed by atoms with Crippen molar-refractivity contribution in [3.8, 4) is 0 Å². The number of nitrogens with one attached hydrogen (secondary N) is 3. The molecule has 0 radical (unpaired) electrons. The number of hydrogen-bond acceptors (Lipinski definition) is 5. The maximum Gasteiger partial charge on any atom is 0.490 e. The van der Waals surface area contributed by atoms with E-state index in [-0.39, 0.29) is 11.8 Å². The number of carboxylic acid groups (broad SMARTS) is 1. The van der Waals surface area contributed by atoms with Crippen LogP contribution >= 0.6 is 0 Å². The molecule has 12 heteroatoms. The monoisotopic (exact) mass is 544 g/mol. The maximum atomic E-state index is 13.2. The third-order valence-corrected chi connectivity index (χ3v) is 5.15. The fourth-order valence-corrected chi connectivity index (χ4v) is 3.24.